The number of ether oxygens (including phenoxy) is 1. The van der Waals surface area contributed by atoms with Gasteiger partial charge in [-0.2, -0.15) is 0 Å². The summed E-state index contributed by atoms with van der Waals surface area (Å²) in [6.07, 6.45) is 7.99. The van der Waals surface area contributed by atoms with Crippen molar-refractivity contribution in [3.63, 3.8) is 0 Å². The maximum atomic E-state index is 5.95. The molecule has 0 radical (unpaired) electrons. The summed E-state index contributed by atoms with van der Waals surface area (Å²) in [5.41, 5.74) is 1.11. The molecule has 16 heavy (non-hydrogen) atoms. The number of hydrogen-bond acceptors (Lipinski definition) is 1. The maximum absolute atomic E-state index is 5.95. The molecule has 0 aromatic carbocycles. The van der Waals surface area contributed by atoms with Crippen LogP contribution in [0.3, 0.4) is 0 Å². The molecule has 0 amide bonds. The van der Waals surface area contributed by atoms with Crippen LogP contribution in [0.4, 0.5) is 0 Å². The Balaban J connectivity index is 2.61. The van der Waals surface area contributed by atoms with Crippen molar-refractivity contribution in [1.29, 1.82) is 0 Å². The van der Waals surface area contributed by atoms with Gasteiger partial charge in [0.25, 0.3) is 0 Å². The van der Waals surface area contributed by atoms with Gasteiger partial charge in [-0.1, -0.05) is 39.8 Å². The Morgan fingerprint density at radius 1 is 1.38 bits per heavy atom. The lowest BCUT2D eigenvalue weighted by atomic mass is 9.75. The Morgan fingerprint density at radius 3 is 2.62 bits per heavy atom. The lowest BCUT2D eigenvalue weighted by Crippen LogP contribution is -2.33. The normalized spacial score (nSPS) is 31.6. The van der Waals surface area contributed by atoms with E-state index >= 15 is 0 Å². The van der Waals surface area contributed by atoms with Crippen LogP contribution in [-0.4, -0.2) is 6.10 Å². The first-order valence-corrected chi connectivity index (χ1v) is 6.49. The largest absolute Gasteiger partial charge is 0.497 e. The lowest BCUT2D eigenvalue weighted by molar-refractivity contribution is 0.0129. The lowest BCUT2D eigenvalue weighted by Gasteiger charge is -2.36. The molecule has 0 N–H and O–H groups in total. The summed E-state index contributed by atoms with van der Waals surface area (Å²) in [4.78, 5) is 0. The van der Waals surface area contributed by atoms with E-state index in [-0.39, 0.29) is 0 Å². The summed E-state index contributed by atoms with van der Waals surface area (Å²) < 4.78 is 5.95. The minimum atomic E-state index is 0.402. The number of hydrogen-bond donors (Lipinski definition) is 0. The Morgan fingerprint density at radius 2 is 2.06 bits per heavy atom. The van der Waals surface area contributed by atoms with Crippen molar-refractivity contribution < 1.29 is 4.74 Å². The van der Waals surface area contributed by atoms with Crippen LogP contribution in [0.25, 0.3) is 0 Å². The molecule has 0 aromatic heterocycles. The molecular weight excluding hydrogens is 196 g/mol. The molecule has 92 valence electrons. The average Bonchev–Trinajstić information content (AvgIpc) is 2.25. The second-order valence-electron chi connectivity index (χ2n) is 5.57. The summed E-state index contributed by atoms with van der Waals surface area (Å²) in [6.45, 7) is 12.7. The summed E-state index contributed by atoms with van der Waals surface area (Å²) >= 11 is 0. The third-order valence-electron chi connectivity index (χ3n) is 3.71. The van der Waals surface area contributed by atoms with E-state index in [0.29, 0.717) is 12.0 Å². The summed E-state index contributed by atoms with van der Waals surface area (Å²) in [6, 6.07) is 0. The van der Waals surface area contributed by atoms with Crippen LogP contribution in [0, 0.1) is 17.8 Å². The van der Waals surface area contributed by atoms with Crippen molar-refractivity contribution in [2.24, 2.45) is 17.8 Å². The molecule has 3 atom stereocenters. The number of rotatable bonds is 4. The molecule has 0 spiro atoms. The van der Waals surface area contributed by atoms with E-state index in [1.54, 1.807) is 0 Å². The van der Waals surface area contributed by atoms with E-state index in [0.717, 1.165) is 17.4 Å². The first-order valence-electron chi connectivity index (χ1n) is 6.49. The van der Waals surface area contributed by atoms with Crippen molar-refractivity contribution in [3.05, 3.63) is 24.5 Å². The SMILES string of the molecule is C=C/C(C)=C/O[C@H]1C[C@@H](C)CC[C@@H]1C(C)C. The van der Waals surface area contributed by atoms with Gasteiger partial charge in [-0.3, -0.25) is 0 Å². The van der Waals surface area contributed by atoms with E-state index < -0.39 is 0 Å². The van der Waals surface area contributed by atoms with Crippen molar-refractivity contribution in [1.82, 2.24) is 0 Å². The third-order valence-corrected chi connectivity index (χ3v) is 3.71. The summed E-state index contributed by atoms with van der Waals surface area (Å²) in [5, 5.41) is 0. The molecule has 1 rings (SSSR count). The molecule has 0 aliphatic heterocycles. The third kappa shape index (κ3) is 3.70. The molecular formula is C15H26O. The van der Waals surface area contributed by atoms with Crippen LogP contribution in [0.15, 0.2) is 24.5 Å². The van der Waals surface area contributed by atoms with Gasteiger partial charge in [-0.05, 0) is 43.1 Å². The van der Waals surface area contributed by atoms with E-state index in [2.05, 4.69) is 27.4 Å². The van der Waals surface area contributed by atoms with Gasteiger partial charge in [0, 0.05) is 0 Å². The van der Waals surface area contributed by atoms with E-state index in [1.165, 1.54) is 19.3 Å². The second-order valence-corrected chi connectivity index (χ2v) is 5.57. The quantitative estimate of drug-likeness (QED) is 0.501. The maximum Gasteiger partial charge on any atom is 0.101 e. The molecule has 0 heterocycles. The van der Waals surface area contributed by atoms with Gasteiger partial charge >= 0.3 is 0 Å². The first kappa shape index (κ1) is 13.3. The van der Waals surface area contributed by atoms with Crippen LogP contribution in [0.2, 0.25) is 0 Å². The van der Waals surface area contributed by atoms with E-state index in [1.807, 2.05) is 19.3 Å². The van der Waals surface area contributed by atoms with Crippen LogP contribution in [-0.2, 0) is 4.74 Å². The topological polar surface area (TPSA) is 9.23 Å². The zero-order valence-electron chi connectivity index (χ0n) is 11.2. The monoisotopic (exact) mass is 222 g/mol. The summed E-state index contributed by atoms with van der Waals surface area (Å²) in [5.74, 6) is 2.23. The smallest absolute Gasteiger partial charge is 0.101 e. The van der Waals surface area contributed by atoms with Gasteiger partial charge in [0.15, 0.2) is 0 Å². The molecule has 1 fully saturated rings. The zero-order chi connectivity index (χ0) is 12.1. The van der Waals surface area contributed by atoms with Gasteiger partial charge in [0.05, 0.1) is 6.26 Å². The van der Waals surface area contributed by atoms with Crippen LogP contribution < -0.4 is 0 Å². The standard InChI is InChI=1S/C15H26O/c1-6-12(4)10-16-15-9-13(5)7-8-14(15)11(2)3/h6,10-11,13-15H,1,7-9H2,2-5H3/b12-10+/t13-,14+,15-/m0/s1. The molecule has 0 bridgehead atoms. The van der Waals surface area contributed by atoms with Gasteiger partial charge in [-0.25, -0.2) is 0 Å². The Kier molecular flexibility index (Phi) is 5.11. The Hall–Kier alpha value is -0.720. The van der Waals surface area contributed by atoms with Gasteiger partial charge in [0.2, 0.25) is 0 Å². The molecule has 1 heteroatoms. The summed E-state index contributed by atoms with van der Waals surface area (Å²) in [7, 11) is 0. The predicted molar refractivity (Wildman–Crippen MR) is 70.2 cm³/mol. The first-order chi connectivity index (χ1) is 7.54. The van der Waals surface area contributed by atoms with Crippen LogP contribution in [0.5, 0.6) is 0 Å². The average molecular weight is 222 g/mol. The molecule has 1 aliphatic rings. The highest BCUT2D eigenvalue weighted by molar-refractivity contribution is 5.09. The molecule has 1 saturated carbocycles. The fourth-order valence-corrected chi connectivity index (χ4v) is 2.51. The Labute approximate surface area is 101 Å². The molecule has 0 saturated heterocycles. The predicted octanol–water partition coefficient (Wildman–Crippen LogP) is 4.55. The second kappa shape index (κ2) is 6.12. The van der Waals surface area contributed by atoms with Gasteiger partial charge < -0.3 is 4.74 Å². The number of allylic oxidation sites excluding steroid dienone is 2. The highest BCUT2D eigenvalue weighted by atomic mass is 16.5. The minimum Gasteiger partial charge on any atom is -0.497 e. The highest BCUT2D eigenvalue weighted by Crippen LogP contribution is 2.35. The minimum absolute atomic E-state index is 0.402. The van der Waals surface area contributed by atoms with E-state index in [9.17, 15) is 0 Å². The van der Waals surface area contributed by atoms with Crippen molar-refractivity contribution >= 4 is 0 Å². The molecule has 1 aliphatic carbocycles. The van der Waals surface area contributed by atoms with Crippen molar-refractivity contribution in [2.45, 2.75) is 53.1 Å². The fraction of sp³-hybridized carbons (Fsp3) is 0.733. The molecule has 0 unspecified atom stereocenters. The van der Waals surface area contributed by atoms with E-state index in [4.69, 9.17) is 4.74 Å². The van der Waals surface area contributed by atoms with Gasteiger partial charge in [0.1, 0.15) is 6.10 Å². The van der Waals surface area contributed by atoms with Crippen LogP contribution in [0.1, 0.15) is 47.0 Å². The zero-order valence-corrected chi connectivity index (χ0v) is 11.2. The van der Waals surface area contributed by atoms with Crippen LogP contribution >= 0.6 is 0 Å². The fourth-order valence-electron chi connectivity index (χ4n) is 2.51. The molecule has 0 aromatic rings. The Bertz CT molecular complexity index is 252. The van der Waals surface area contributed by atoms with Gasteiger partial charge in [-0.15, -0.1) is 0 Å². The van der Waals surface area contributed by atoms with Crippen molar-refractivity contribution in [3.8, 4) is 0 Å². The van der Waals surface area contributed by atoms with Crippen molar-refractivity contribution in [2.75, 3.05) is 0 Å². The molecule has 1 nitrogen and oxygen atoms in total. The highest BCUT2D eigenvalue weighted by Gasteiger charge is 2.31.